The van der Waals surface area contributed by atoms with Gasteiger partial charge in [0.05, 0.1) is 5.69 Å². The molecule has 0 bridgehead atoms. The van der Waals surface area contributed by atoms with Crippen LogP contribution in [0.25, 0.3) is 0 Å². The summed E-state index contributed by atoms with van der Waals surface area (Å²) >= 11 is 0. The smallest absolute Gasteiger partial charge is 0.252 e. The third-order valence-corrected chi connectivity index (χ3v) is 1.51. The monoisotopic (exact) mass is 183 g/mol. The maximum atomic E-state index is 12.9. The molecule has 1 aromatic rings. The number of carbonyl (C=O) groups is 1. The highest BCUT2D eigenvalue weighted by Gasteiger charge is 2.10. The van der Waals surface area contributed by atoms with Crippen molar-refractivity contribution >= 4 is 11.6 Å². The summed E-state index contributed by atoms with van der Waals surface area (Å²) in [4.78, 5) is 10.9. The molecule has 1 rings (SSSR count). The van der Waals surface area contributed by atoms with E-state index >= 15 is 0 Å². The number of rotatable bonds is 2. The van der Waals surface area contributed by atoms with Crippen LogP contribution < -0.4 is 5.32 Å². The van der Waals surface area contributed by atoms with Crippen LogP contribution in [0.5, 0.6) is 0 Å². The van der Waals surface area contributed by atoms with Crippen LogP contribution in [0, 0.1) is 5.82 Å². The minimum Gasteiger partial charge on any atom is -0.384 e. The molecule has 4 heteroatoms. The van der Waals surface area contributed by atoms with Crippen molar-refractivity contribution in [3.8, 4) is 0 Å². The Kier molecular flexibility index (Phi) is 2.97. The molecule has 0 aliphatic rings. The van der Waals surface area contributed by atoms with Crippen LogP contribution in [0.3, 0.4) is 0 Å². The minimum absolute atomic E-state index is 0.0772. The van der Waals surface area contributed by atoms with Crippen LogP contribution in [-0.2, 0) is 4.79 Å². The quantitative estimate of drug-likeness (QED) is 0.722. The molecule has 0 saturated carbocycles. The highest BCUT2D eigenvalue weighted by Crippen LogP contribution is 2.12. The molecule has 0 radical (unpaired) electrons. The Balaban J connectivity index is 2.75. The van der Waals surface area contributed by atoms with Gasteiger partial charge in [-0.05, 0) is 19.1 Å². The Bertz CT molecular complexity index is 312. The van der Waals surface area contributed by atoms with Crippen LogP contribution >= 0.6 is 0 Å². The third kappa shape index (κ3) is 2.52. The van der Waals surface area contributed by atoms with Crippen molar-refractivity contribution in [2.75, 3.05) is 5.32 Å². The molecule has 0 aliphatic carbocycles. The lowest BCUT2D eigenvalue weighted by Crippen LogP contribution is -2.24. The molecule has 0 saturated heterocycles. The molecular weight excluding hydrogens is 173 g/mol. The Hall–Kier alpha value is -1.42. The molecule has 2 N–H and O–H groups in total. The summed E-state index contributed by atoms with van der Waals surface area (Å²) in [5.74, 6) is -1.14. The third-order valence-electron chi connectivity index (χ3n) is 1.51. The predicted molar refractivity (Wildman–Crippen MR) is 46.7 cm³/mol. The predicted octanol–water partition coefficient (Wildman–Crippen LogP) is 1.14. The van der Waals surface area contributed by atoms with Crippen molar-refractivity contribution in [2.24, 2.45) is 0 Å². The van der Waals surface area contributed by atoms with Crippen LogP contribution in [-0.4, -0.2) is 17.1 Å². The first-order chi connectivity index (χ1) is 6.11. The topological polar surface area (TPSA) is 49.3 Å². The molecule has 0 fully saturated rings. The van der Waals surface area contributed by atoms with E-state index in [1.165, 1.54) is 25.1 Å². The highest BCUT2D eigenvalue weighted by molar-refractivity contribution is 5.93. The second-order valence-corrected chi connectivity index (χ2v) is 2.65. The highest BCUT2D eigenvalue weighted by atomic mass is 19.1. The summed E-state index contributed by atoms with van der Waals surface area (Å²) in [6.07, 6.45) is -1.14. The second-order valence-electron chi connectivity index (χ2n) is 2.65. The zero-order valence-electron chi connectivity index (χ0n) is 7.12. The maximum Gasteiger partial charge on any atom is 0.252 e. The maximum absolute atomic E-state index is 12.9. The lowest BCUT2D eigenvalue weighted by Gasteiger charge is -2.07. The Labute approximate surface area is 75.2 Å². The lowest BCUT2D eigenvalue weighted by molar-refractivity contribution is -0.123. The summed E-state index contributed by atoms with van der Waals surface area (Å²) in [5, 5.41) is 11.1. The van der Waals surface area contributed by atoms with Gasteiger partial charge in [-0.25, -0.2) is 4.39 Å². The van der Waals surface area contributed by atoms with Gasteiger partial charge in [-0.15, -0.1) is 0 Å². The fourth-order valence-electron chi connectivity index (χ4n) is 0.800. The number of aliphatic hydroxyl groups is 1. The summed E-state index contributed by atoms with van der Waals surface area (Å²) in [7, 11) is 0. The first kappa shape index (κ1) is 9.67. The summed E-state index contributed by atoms with van der Waals surface area (Å²) in [5.41, 5.74) is 0.0772. The molecule has 0 aliphatic heterocycles. The van der Waals surface area contributed by atoms with Crippen molar-refractivity contribution in [1.29, 1.82) is 0 Å². The Morgan fingerprint density at radius 2 is 2.15 bits per heavy atom. The van der Waals surface area contributed by atoms with Gasteiger partial charge >= 0.3 is 0 Å². The molecule has 70 valence electrons. The van der Waals surface area contributed by atoms with Gasteiger partial charge in [0.15, 0.2) is 0 Å². The number of hydrogen-bond donors (Lipinski definition) is 2. The molecule has 1 unspecified atom stereocenters. The number of benzene rings is 1. The van der Waals surface area contributed by atoms with Gasteiger partial charge in [-0.1, -0.05) is 12.1 Å². The fraction of sp³-hybridized carbons (Fsp3) is 0.222. The molecule has 0 aromatic heterocycles. The lowest BCUT2D eigenvalue weighted by atomic mass is 10.3. The zero-order valence-corrected chi connectivity index (χ0v) is 7.12. The van der Waals surface area contributed by atoms with E-state index in [1.807, 2.05) is 0 Å². The molecular formula is C9H10FNO2. The van der Waals surface area contributed by atoms with Gasteiger partial charge in [0.2, 0.25) is 0 Å². The van der Waals surface area contributed by atoms with E-state index in [0.29, 0.717) is 0 Å². The van der Waals surface area contributed by atoms with Crippen LogP contribution in [0.4, 0.5) is 10.1 Å². The van der Waals surface area contributed by atoms with E-state index < -0.39 is 17.8 Å². The largest absolute Gasteiger partial charge is 0.384 e. The molecule has 13 heavy (non-hydrogen) atoms. The number of aliphatic hydroxyl groups excluding tert-OH is 1. The zero-order chi connectivity index (χ0) is 9.84. The molecule has 3 nitrogen and oxygen atoms in total. The van der Waals surface area contributed by atoms with E-state index in [2.05, 4.69) is 5.32 Å². The molecule has 1 aromatic carbocycles. The molecule has 1 amide bonds. The van der Waals surface area contributed by atoms with Crippen LogP contribution in [0.1, 0.15) is 6.92 Å². The standard InChI is InChI=1S/C9H10FNO2/c1-6(12)9(13)11-8-5-3-2-4-7(8)10/h2-6,12H,1H3,(H,11,13). The normalized spacial score (nSPS) is 12.2. The van der Waals surface area contributed by atoms with Crippen molar-refractivity contribution in [2.45, 2.75) is 13.0 Å². The summed E-state index contributed by atoms with van der Waals surface area (Å²) < 4.78 is 12.9. The SMILES string of the molecule is CC(O)C(=O)Nc1ccccc1F. The Morgan fingerprint density at radius 1 is 1.54 bits per heavy atom. The van der Waals surface area contributed by atoms with Gasteiger partial charge < -0.3 is 10.4 Å². The van der Waals surface area contributed by atoms with E-state index in [-0.39, 0.29) is 5.69 Å². The average molecular weight is 183 g/mol. The first-order valence-corrected chi connectivity index (χ1v) is 3.84. The number of anilines is 1. The minimum atomic E-state index is -1.14. The van der Waals surface area contributed by atoms with E-state index in [1.54, 1.807) is 6.07 Å². The number of amides is 1. The fourth-order valence-corrected chi connectivity index (χ4v) is 0.800. The number of halogens is 1. The van der Waals surface area contributed by atoms with Gasteiger partial charge in [-0.3, -0.25) is 4.79 Å². The number of nitrogens with one attached hydrogen (secondary N) is 1. The Morgan fingerprint density at radius 3 is 2.69 bits per heavy atom. The van der Waals surface area contributed by atoms with Gasteiger partial charge in [0.25, 0.3) is 5.91 Å². The van der Waals surface area contributed by atoms with E-state index in [9.17, 15) is 9.18 Å². The van der Waals surface area contributed by atoms with E-state index in [0.717, 1.165) is 0 Å². The molecule has 0 spiro atoms. The van der Waals surface area contributed by atoms with Crippen LogP contribution in [0.15, 0.2) is 24.3 Å². The number of carbonyl (C=O) groups excluding carboxylic acids is 1. The van der Waals surface area contributed by atoms with Crippen molar-refractivity contribution in [1.82, 2.24) is 0 Å². The summed E-state index contributed by atoms with van der Waals surface area (Å²) in [6.45, 7) is 1.32. The number of para-hydroxylation sites is 1. The van der Waals surface area contributed by atoms with Gasteiger partial charge in [0, 0.05) is 0 Å². The first-order valence-electron chi connectivity index (χ1n) is 3.84. The van der Waals surface area contributed by atoms with Crippen molar-refractivity contribution in [3.05, 3.63) is 30.1 Å². The van der Waals surface area contributed by atoms with Crippen molar-refractivity contribution < 1.29 is 14.3 Å². The number of hydrogen-bond acceptors (Lipinski definition) is 2. The molecule has 1 atom stereocenters. The van der Waals surface area contributed by atoms with Gasteiger partial charge in [0.1, 0.15) is 11.9 Å². The molecule has 0 heterocycles. The second kappa shape index (κ2) is 4.00. The van der Waals surface area contributed by atoms with E-state index in [4.69, 9.17) is 5.11 Å². The van der Waals surface area contributed by atoms with Gasteiger partial charge in [-0.2, -0.15) is 0 Å². The van der Waals surface area contributed by atoms with Crippen LogP contribution in [0.2, 0.25) is 0 Å². The van der Waals surface area contributed by atoms with Crippen molar-refractivity contribution in [3.63, 3.8) is 0 Å². The average Bonchev–Trinajstić information content (AvgIpc) is 2.08. The summed E-state index contributed by atoms with van der Waals surface area (Å²) in [6, 6.07) is 5.78.